The molecule has 1 aliphatic carbocycles. The fourth-order valence-electron chi connectivity index (χ4n) is 4.02. The molecule has 2 aromatic heterocycles. The van der Waals surface area contributed by atoms with Gasteiger partial charge >= 0.3 is 0 Å². The van der Waals surface area contributed by atoms with Gasteiger partial charge in [-0.15, -0.1) is 11.3 Å². The molecule has 1 amide bonds. The van der Waals surface area contributed by atoms with E-state index in [1.54, 1.807) is 11.7 Å². The third kappa shape index (κ3) is 3.15. The van der Waals surface area contributed by atoms with E-state index >= 15 is 0 Å². The Morgan fingerprint density at radius 3 is 2.86 bits per heavy atom. The van der Waals surface area contributed by atoms with Crippen LogP contribution in [0.15, 0.2) is 17.1 Å². The summed E-state index contributed by atoms with van der Waals surface area (Å²) < 4.78 is 0. The monoisotopic (exact) mass is 397 g/mol. The van der Waals surface area contributed by atoms with Crippen molar-refractivity contribution < 1.29 is 4.79 Å². The lowest BCUT2D eigenvalue weighted by Crippen LogP contribution is -2.52. The van der Waals surface area contributed by atoms with Crippen molar-refractivity contribution in [3.63, 3.8) is 0 Å². The number of rotatable bonds is 5. The maximum Gasteiger partial charge on any atom is 0.247 e. The highest BCUT2D eigenvalue weighted by Gasteiger charge is 2.38. The van der Waals surface area contributed by atoms with E-state index < -0.39 is 0 Å². The second kappa shape index (κ2) is 7.67. The molecular weight excluding hydrogens is 374 g/mol. The molecule has 0 spiro atoms. The molecule has 146 valence electrons. The van der Waals surface area contributed by atoms with Crippen molar-refractivity contribution >= 4 is 46.2 Å². The van der Waals surface area contributed by atoms with Crippen LogP contribution in [0.25, 0.3) is 11.3 Å². The van der Waals surface area contributed by atoms with Gasteiger partial charge in [0.25, 0.3) is 0 Å². The molecule has 2 aromatic rings. The molecule has 0 unspecified atom stereocenters. The number of amides is 1. The van der Waals surface area contributed by atoms with E-state index in [-0.39, 0.29) is 11.9 Å². The van der Waals surface area contributed by atoms with E-state index in [2.05, 4.69) is 20.2 Å². The molecule has 0 radical (unpaired) electrons. The third-order valence-electron chi connectivity index (χ3n) is 5.40. The molecule has 4 rings (SSSR count). The van der Waals surface area contributed by atoms with Crippen molar-refractivity contribution in [1.29, 1.82) is 5.41 Å². The maximum absolute atomic E-state index is 12.6. The first-order chi connectivity index (χ1) is 13.6. The number of anilines is 2. The first-order valence-corrected chi connectivity index (χ1v) is 10.4. The fourth-order valence-corrected chi connectivity index (χ4v) is 4.57. The van der Waals surface area contributed by atoms with E-state index in [4.69, 9.17) is 16.1 Å². The van der Waals surface area contributed by atoms with Crippen molar-refractivity contribution in [3.8, 4) is 0 Å². The number of aromatic nitrogens is 3. The molecular formula is C19H23N7OS. The van der Waals surface area contributed by atoms with Crippen LogP contribution < -0.4 is 16.0 Å². The van der Waals surface area contributed by atoms with Gasteiger partial charge in [-0.2, -0.15) is 0 Å². The lowest BCUT2D eigenvalue weighted by molar-refractivity contribution is -0.117. The van der Waals surface area contributed by atoms with Crippen LogP contribution in [0.4, 0.5) is 11.5 Å². The van der Waals surface area contributed by atoms with E-state index in [9.17, 15) is 4.79 Å². The minimum atomic E-state index is -0.248. The number of carbonyl (C=O) groups excluding carboxylic acids is 1. The number of nitrogens with one attached hydrogen (secondary N) is 2. The van der Waals surface area contributed by atoms with Crippen LogP contribution in [0.1, 0.15) is 50.5 Å². The number of thiazole rings is 1. The summed E-state index contributed by atoms with van der Waals surface area (Å²) in [4.78, 5) is 28.1. The smallest absolute Gasteiger partial charge is 0.247 e. The fraction of sp³-hybridized carbons (Fsp3) is 0.421. The first-order valence-electron chi connectivity index (χ1n) is 9.49. The second-order valence-electron chi connectivity index (χ2n) is 7.04. The molecule has 3 heterocycles. The molecule has 4 N–H and O–H groups in total. The molecule has 0 saturated heterocycles. The van der Waals surface area contributed by atoms with Crippen LogP contribution in [0.5, 0.6) is 0 Å². The summed E-state index contributed by atoms with van der Waals surface area (Å²) in [6.07, 6.45) is 7.91. The molecule has 1 aliphatic heterocycles. The van der Waals surface area contributed by atoms with Gasteiger partial charge in [-0.05, 0) is 19.3 Å². The van der Waals surface area contributed by atoms with Crippen LogP contribution >= 0.6 is 11.3 Å². The zero-order chi connectivity index (χ0) is 19.7. The van der Waals surface area contributed by atoms with Crippen molar-refractivity contribution in [2.75, 3.05) is 10.2 Å². The number of nitrogens with zero attached hydrogens (tertiary/aromatic N) is 4. The van der Waals surface area contributed by atoms with Crippen molar-refractivity contribution in [1.82, 2.24) is 15.0 Å². The van der Waals surface area contributed by atoms with Crippen molar-refractivity contribution in [3.05, 3.63) is 28.6 Å². The molecule has 28 heavy (non-hydrogen) atoms. The molecule has 1 saturated carbocycles. The topological polar surface area (TPSA) is 121 Å². The number of nitrogens with two attached hydrogens (primary N) is 1. The van der Waals surface area contributed by atoms with Gasteiger partial charge in [0.2, 0.25) is 5.91 Å². The highest BCUT2D eigenvalue weighted by molar-refractivity contribution is 7.07. The van der Waals surface area contributed by atoms with Gasteiger partial charge in [0.15, 0.2) is 11.6 Å². The number of carbonyl (C=O) groups is 1. The highest BCUT2D eigenvalue weighted by Crippen LogP contribution is 2.37. The average molecular weight is 398 g/mol. The average Bonchev–Trinajstić information content (AvgIpc) is 3.41. The van der Waals surface area contributed by atoms with Crippen LogP contribution in [0.2, 0.25) is 0 Å². The highest BCUT2D eigenvalue weighted by atomic mass is 32.1. The Labute approximate surface area is 167 Å². The number of hydrogen-bond donors (Lipinski definition) is 3. The minimum Gasteiger partial charge on any atom is -0.396 e. The lowest BCUT2D eigenvalue weighted by atomic mass is 10.0. The predicted octanol–water partition coefficient (Wildman–Crippen LogP) is 2.89. The van der Waals surface area contributed by atoms with Gasteiger partial charge in [0, 0.05) is 17.6 Å². The van der Waals surface area contributed by atoms with Crippen molar-refractivity contribution in [2.24, 2.45) is 5.73 Å². The van der Waals surface area contributed by atoms with E-state index in [1.165, 1.54) is 11.3 Å². The second-order valence-corrected chi connectivity index (χ2v) is 7.75. The summed E-state index contributed by atoms with van der Waals surface area (Å²) in [6, 6.07) is 0.0439. The van der Waals surface area contributed by atoms with Gasteiger partial charge in [0.1, 0.15) is 11.7 Å². The van der Waals surface area contributed by atoms with Gasteiger partial charge in [0.05, 0.1) is 28.7 Å². The Morgan fingerprint density at radius 1 is 1.43 bits per heavy atom. The van der Waals surface area contributed by atoms with Crippen LogP contribution in [0, 0.1) is 5.41 Å². The molecule has 1 fully saturated rings. The number of fused-ring (bicyclic) bond motifs is 1. The summed E-state index contributed by atoms with van der Waals surface area (Å²) in [5, 5.41) is 12.6. The van der Waals surface area contributed by atoms with Crippen molar-refractivity contribution in [2.45, 2.75) is 51.1 Å². The van der Waals surface area contributed by atoms with Crippen LogP contribution in [-0.4, -0.2) is 39.2 Å². The summed E-state index contributed by atoms with van der Waals surface area (Å²) in [7, 11) is 0. The number of hydrogen-bond acceptors (Lipinski definition) is 8. The normalized spacial score (nSPS) is 20.5. The first kappa shape index (κ1) is 18.5. The minimum absolute atomic E-state index is 0.0111. The van der Waals surface area contributed by atoms with E-state index in [1.807, 2.05) is 12.3 Å². The molecule has 2 aliphatic rings. The Morgan fingerprint density at radius 2 is 2.21 bits per heavy atom. The molecule has 0 aromatic carbocycles. The van der Waals surface area contributed by atoms with Gasteiger partial charge in [-0.3, -0.25) is 4.79 Å². The van der Waals surface area contributed by atoms with Gasteiger partial charge in [-0.25, -0.2) is 15.0 Å². The van der Waals surface area contributed by atoms with Gasteiger partial charge in [-0.1, -0.05) is 19.8 Å². The SMILES string of the molecule is CC[C@@H]1C(=O)Nc2cnc(/C(C=N)=C(/N)c3cscn3)nc2N1C1CCCC1. The molecule has 0 bridgehead atoms. The maximum atomic E-state index is 12.6. The standard InChI is InChI=1S/C19H23N7OS/c1-2-15-19(27)24-13-8-22-17(12(7-20)16(21)14-9-28-10-23-14)25-18(13)26(15)11-5-3-4-6-11/h7-11,15,20H,2-6,21H2,1H3,(H,24,27)/b16-12+,20-7?/t15-/m1/s1. The van der Waals surface area contributed by atoms with Gasteiger partial charge < -0.3 is 21.4 Å². The quantitative estimate of drug-likeness (QED) is 0.667. The van der Waals surface area contributed by atoms with Crippen LogP contribution in [0.3, 0.4) is 0 Å². The Kier molecular flexibility index (Phi) is 5.08. The van der Waals surface area contributed by atoms with E-state index in [0.717, 1.165) is 31.9 Å². The third-order valence-corrected chi connectivity index (χ3v) is 5.98. The molecule has 9 heteroatoms. The zero-order valence-corrected chi connectivity index (χ0v) is 16.5. The largest absolute Gasteiger partial charge is 0.396 e. The molecule has 8 nitrogen and oxygen atoms in total. The Hall–Kier alpha value is -2.81. The Bertz CT molecular complexity index is 918. The molecule has 1 atom stereocenters. The number of allylic oxidation sites excluding steroid dienone is 1. The van der Waals surface area contributed by atoms with Crippen LogP contribution in [-0.2, 0) is 4.79 Å². The lowest BCUT2D eigenvalue weighted by Gasteiger charge is -2.40. The predicted molar refractivity (Wildman–Crippen MR) is 111 cm³/mol. The summed E-state index contributed by atoms with van der Waals surface area (Å²) in [6.45, 7) is 2.02. The van der Waals surface area contributed by atoms with E-state index in [0.29, 0.717) is 46.8 Å². The Balaban J connectivity index is 1.82. The zero-order valence-electron chi connectivity index (χ0n) is 15.7. The summed E-state index contributed by atoms with van der Waals surface area (Å²) in [5.41, 5.74) is 9.95. The summed E-state index contributed by atoms with van der Waals surface area (Å²) in [5.74, 6) is 1.07. The summed E-state index contributed by atoms with van der Waals surface area (Å²) >= 11 is 1.44.